The van der Waals surface area contributed by atoms with Gasteiger partial charge in [0.2, 0.25) is 0 Å². The van der Waals surface area contributed by atoms with E-state index in [-0.39, 0.29) is 0 Å². The third kappa shape index (κ3) is 1.18. The van der Waals surface area contributed by atoms with Crippen molar-refractivity contribution in [2.75, 3.05) is 0 Å². The molecular formula is C7H10N3+. The molecule has 0 bridgehead atoms. The van der Waals surface area contributed by atoms with Crippen molar-refractivity contribution in [3.8, 4) is 0 Å². The molecule has 0 radical (unpaired) electrons. The average molecular weight is 136 g/mol. The van der Waals surface area contributed by atoms with E-state index < -0.39 is 0 Å². The largest absolute Gasteiger partial charge is 0.349 e. The Kier molecular flexibility index (Phi) is 2.10. The Bertz CT molecular complexity index is 232. The number of rotatable bonds is 2. The van der Waals surface area contributed by atoms with Gasteiger partial charge in [-0.15, -0.1) is 0 Å². The number of nitrogens with zero attached hydrogens (tertiary/aromatic N) is 2. The van der Waals surface area contributed by atoms with Crippen molar-refractivity contribution in [1.29, 1.82) is 5.53 Å². The Morgan fingerprint density at radius 1 is 1.60 bits per heavy atom. The second kappa shape index (κ2) is 3.06. The highest BCUT2D eigenvalue weighted by Gasteiger charge is 2.02. The first kappa shape index (κ1) is 6.86. The number of aromatic nitrogens is 1. The average Bonchev–Trinajstić information content (AvgIpc) is 2.04. The number of hydrogen-bond donors (Lipinski definition) is 1. The molecule has 1 heterocycles. The lowest BCUT2D eigenvalue weighted by atomic mass is 10.4. The quantitative estimate of drug-likeness (QED) is 0.474. The van der Waals surface area contributed by atoms with Gasteiger partial charge in [0.25, 0.3) is 0 Å². The molecule has 1 aromatic rings. The molecule has 1 rings (SSSR count). The minimum absolute atomic E-state index is 0.699. The summed E-state index contributed by atoms with van der Waals surface area (Å²) >= 11 is 0. The molecule has 52 valence electrons. The summed E-state index contributed by atoms with van der Waals surface area (Å²) in [7, 11) is 0. The van der Waals surface area contributed by atoms with Crippen LogP contribution in [0.1, 0.15) is 6.92 Å². The summed E-state index contributed by atoms with van der Waals surface area (Å²) in [5.74, 6) is 0.699. The fraction of sp³-hybridized carbons (Fsp3) is 0.286. The van der Waals surface area contributed by atoms with Crippen molar-refractivity contribution in [3.63, 3.8) is 0 Å². The van der Waals surface area contributed by atoms with E-state index in [1.165, 1.54) is 0 Å². The summed E-state index contributed by atoms with van der Waals surface area (Å²) in [4.78, 5) is 0. The molecule has 0 amide bonds. The molecule has 0 aliphatic heterocycles. The number of aryl methyl sites for hydroxylation is 1. The van der Waals surface area contributed by atoms with Crippen LogP contribution in [0.3, 0.4) is 0 Å². The van der Waals surface area contributed by atoms with Gasteiger partial charge in [0, 0.05) is 6.07 Å². The van der Waals surface area contributed by atoms with E-state index in [4.69, 9.17) is 5.53 Å². The third-order valence-corrected chi connectivity index (χ3v) is 1.37. The van der Waals surface area contributed by atoms with Crippen molar-refractivity contribution in [3.05, 3.63) is 24.4 Å². The zero-order valence-electron chi connectivity index (χ0n) is 5.91. The minimum Gasteiger partial charge on any atom is -0.229 e. The molecule has 1 aromatic heterocycles. The molecule has 3 nitrogen and oxygen atoms in total. The number of hydrogen-bond acceptors (Lipinski definition) is 2. The highest BCUT2D eigenvalue weighted by molar-refractivity contribution is 5.16. The van der Waals surface area contributed by atoms with E-state index in [1.54, 1.807) is 0 Å². The highest BCUT2D eigenvalue weighted by atomic mass is 15.1. The van der Waals surface area contributed by atoms with Gasteiger partial charge >= 0.3 is 5.82 Å². The van der Waals surface area contributed by atoms with Crippen LogP contribution in [0.15, 0.2) is 29.5 Å². The molecule has 0 aromatic carbocycles. The van der Waals surface area contributed by atoms with Crippen LogP contribution in [0, 0.1) is 5.53 Å². The van der Waals surface area contributed by atoms with Gasteiger partial charge in [0.15, 0.2) is 0 Å². The summed E-state index contributed by atoms with van der Waals surface area (Å²) in [5, 5.41) is 3.35. The molecule has 0 aliphatic carbocycles. The maximum atomic E-state index is 6.79. The second-order valence-electron chi connectivity index (χ2n) is 1.96. The summed E-state index contributed by atoms with van der Waals surface area (Å²) in [5.41, 5.74) is 6.79. The van der Waals surface area contributed by atoms with Crippen LogP contribution in [0.5, 0.6) is 0 Å². The van der Waals surface area contributed by atoms with E-state index in [9.17, 15) is 0 Å². The van der Waals surface area contributed by atoms with Crippen LogP contribution < -0.4 is 4.57 Å². The van der Waals surface area contributed by atoms with Gasteiger partial charge in [-0.3, -0.25) is 0 Å². The van der Waals surface area contributed by atoms with Crippen molar-refractivity contribution >= 4 is 5.82 Å². The minimum atomic E-state index is 0.699. The van der Waals surface area contributed by atoms with Gasteiger partial charge in [0.1, 0.15) is 0 Å². The van der Waals surface area contributed by atoms with E-state index in [0.29, 0.717) is 5.82 Å². The van der Waals surface area contributed by atoms with Crippen LogP contribution in [-0.4, -0.2) is 0 Å². The summed E-state index contributed by atoms with van der Waals surface area (Å²) in [6, 6.07) is 5.62. The van der Waals surface area contributed by atoms with Gasteiger partial charge in [-0.05, 0) is 13.0 Å². The Morgan fingerprint density at radius 3 is 2.90 bits per heavy atom. The summed E-state index contributed by atoms with van der Waals surface area (Å²) in [6.07, 6.45) is 1.91. The molecule has 0 unspecified atom stereocenters. The second-order valence-corrected chi connectivity index (χ2v) is 1.96. The topological polar surface area (TPSA) is 40.1 Å². The Balaban J connectivity index is 3.08. The fourth-order valence-corrected chi connectivity index (χ4v) is 0.836. The molecule has 0 saturated heterocycles. The molecule has 0 fully saturated rings. The highest BCUT2D eigenvalue weighted by Crippen LogP contribution is 2.00. The molecule has 0 saturated carbocycles. The first-order valence-electron chi connectivity index (χ1n) is 3.24. The van der Waals surface area contributed by atoms with Gasteiger partial charge in [-0.25, -0.2) is 4.57 Å². The third-order valence-electron chi connectivity index (χ3n) is 1.37. The number of pyridine rings is 1. The van der Waals surface area contributed by atoms with Gasteiger partial charge in [-0.2, -0.15) is 0 Å². The van der Waals surface area contributed by atoms with Crippen LogP contribution in [-0.2, 0) is 6.54 Å². The normalized spacial score (nSPS) is 9.30. The van der Waals surface area contributed by atoms with Crippen LogP contribution >= 0.6 is 0 Å². The first-order chi connectivity index (χ1) is 4.88. The molecule has 0 atom stereocenters. The predicted molar refractivity (Wildman–Crippen MR) is 37.1 cm³/mol. The lowest BCUT2D eigenvalue weighted by Crippen LogP contribution is -2.31. The van der Waals surface area contributed by atoms with E-state index in [0.717, 1.165) is 6.54 Å². The zero-order chi connectivity index (χ0) is 7.40. The van der Waals surface area contributed by atoms with Gasteiger partial charge in [0.05, 0.1) is 17.9 Å². The Hall–Kier alpha value is -1.25. The van der Waals surface area contributed by atoms with Crippen LogP contribution in [0.4, 0.5) is 5.82 Å². The molecule has 3 heteroatoms. The fourth-order valence-electron chi connectivity index (χ4n) is 0.836. The van der Waals surface area contributed by atoms with Crippen molar-refractivity contribution < 1.29 is 4.57 Å². The lowest BCUT2D eigenvalue weighted by molar-refractivity contribution is -0.681. The predicted octanol–water partition coefficient (Wildman–Crippen LogP) is 1.66. The number of nitrogens with one attached hydrogen (secondary N) is 1. The van der Waals surface area contributed by atoms with Crippen molar-refractivity contribution in [2.24, 2.45) is 5.11 Å². The van der Waals surface area contributed by atoms with Crippen molar-refractivity contribution in [1.82, 2.24) is 0 Å². The summed E-state index contributed by atoms with van der Waals surface area (Å²) in [6.45, 7) is 2.88. The van der Waals surface area contributed by atoms with E-state index in [2.05, 4.69) is 5.11 Å². The van der Waals surface area contributed by atoms with Gasteiger partial charge < -0.3 is 0 Å². The smallest absolute Gasteiger partial charge is 0.229 e. The monoisotopic (exact) mass is 136 g/mol. The lowest BCUT2D eigenvalue weighted by Gasteiger charge is -1.93. The standard InChI is InChI=1S/C7H10N3/c1-2-10-6-4-3-5-7(10)9-8/h3-6,8H,2H2,1H3/q+1. The zero-order valence-corrected chi connectivity index (χ0v) is 5.91. The first-order valence-corrected chi connectivity index (χ1v) is 3.24. The molecule has 10 heavy (non-hydrogen) atoms. The molecule has 1 N–H and O–H groups in total. The van der Waals surface area contributed by atoms with Crippen LogP contribution in [0.2, 0.25) is 0 Å². The van der Waals surface area contributed by atoms with Crippen molar-refractivity contribution in [2.45, 2.75) is 13.5 Å². The molecular weight excluding hydrogens is 126 g/mol. The van der Waals surface area contributed by atoms with E-state index >= 15 is 0 Å². The summed E-state index contributed by atoms with van der Waals surface area (Å²) < 4.78 is 1.91. The SMILES string of the molecule is CC[n+]1ccccc1N=N. The van der Waals surface area contributed by atoms with Gasteiger partial charge in [-0.1, -0.05) is 11.6 Å². The van der Waals surface area contributed by atoms with Crippen LogP contribution in [0.25, 0.3) is 0 Å². The maximum Gasteiger partial charge on any atom is 0.349 e. The Morgan fingerprint density at radius 2 is 2.40 bits per heavy atom. The molecule has 0 aliphatic rings. The Labute approximate surface area is 59.8 Å². The van der Waals surface area contributed by atoms with E-state index in [1.807, 2.05) is 35.9 Å². The maximum absolute atomic E-state index is 6.79. The molecule has 0 spiro atoms.